The summed E-state index contributed by atoms with van der Waals surface area (Å²) in [6, 6.07) is 13.1. The predicted molar refractivity (Wildman–Crippen MR) is 113 cm³/mol. The lowest BCUT2D eigenvalue weighted by atomic mass is 9.98. The molecular formula is C23H24N2O6. The summed E-state index contributed by atoms with van der Waals surface area (Å²) in [6.45, 7) is 0.802. The second kappa shape index (κ2) is 9.89. The normalized spacial score (nSPS) is 13.2. The number of carboxylic acid groups (broad SMARTS) is 1. The van der Waals surface area contributed by atoms with Crippen molar-refractivity contribution < 1.29 is 29.7 Å². The van der Waals surface area contributed by atoms with Gasteiger partial charge >= 0.3 is 5.97 Å². The van der Waals surface area contributed by atoms with Gasteiger partial charge in [0.05, 0.1) is 6.61 Å². The van der Waals surface area contributed by atoms with Crippen LogP contribution in [0, 0.1) is 11.8 Å². The fourth-order valence-electron chi connectivity index (χ4n) is 2.77. The highest BCUT2D eigenvalue weighted by Crippen LogP contribution is 2.18. The molecule has 0 aliphatic heterocycles. The lowest BCUT2D eigenvalue weighted by Crippen LogP contribution is -2.61. The van der Waals surface area contributed by atoms with Crippen molar-refractivity contribution in [1.82, 2.24) is 10.2 Å². The summed E-state index contributed by atoms with van der Waals surface area (Å²) in [4.78, 5) is 37.3. The molecule has 8 nitrogen and oxygen atoms in total. The van der Waals surface area contributed by atoms with Crippen LogP contribution in [0.5, 0.6) is 0 Å². The van der Waals surface area contributed by atoms with E-state index in [1.165, 1.54) is 26.2 Å². The van der Waals surface area contributed by atoms with Gasteiger partial charge in [-0.1, -0.05) is 24.0 Å². The summed E-state index contributed by atoms with van der Waals surface area (Å²) in [5.41, 5.74) is 0.0829. The number of nitrogens with one attached hydrogen (secondary N) is 1. The smallest absolute Gasteiger partial charge is 0.339 e. The molecule has 2 aromatic carbocycles. The zero-order valence-electron chi connectivity index (χ0n) is 17.4. The maximum absolute atomic E-state index is 12.7. The Bertz CT molecular complexity index is 1020. The number of carboxylic acids is 1. The second-order valence-corrected chi connectivity index (χ2v) is 6.97. The second-order valence-electron chi connectivity index (χ2n) is 6.97. The van der Waals surface area contributed by atoms with Crippen LogP contribution in [-0.4, -0.2) is 64.2 Å². The number of amides is 2. The molecule has 8 heteroatoms. The number of aliphatic hydroxyl groups excluding tert-OH is 2. The Hall–Kier alpha value is -3.67. The minimum absolute atomic E-state index is 0.215. The van der Waals surface area contributed by atoms with Crippen molar-refractivity contribution in [2.75, 3.05) is 20.7 Å². The Morgan fingerprint density at radius 1 is 1.03 bits per heavy atom. The topological polar surface area (TPSA) is 127 Å². The van der Waals surface area contributed by atoms with E-state index in [2.05, 4.69) is 17.2 Å². The third-order valence-corrected chi connectivity index (χ3v) is 5.01. The van der Waals surface area contributed by atoms with Crippen molar-refractivity contribution in [3.8, 4) is 11.8 Å². The van der Waals surface area contributed by atoms with Crippen LogP contribution in [0.4, 0.5) is 0 Å². The molecule has 2 aromatic rings. The molecule has 0 aliphatic carbocycles. The van der Waals surface area contributed by atoms with E-state index in [4.69, 9.17) is 5.11 Å². The third-order valence-electron chi connectivity index (χ3n) is 5.01. The zero-order chi connectivity index (χ0) is 23.2. The van der Waals surface area contributed by atoms with Crippen LogP contribution in [0.1, 0.15) is 40.1 Å². The minimum atomic E-state index is -2.06. The first-order valence-corrected chi connectivity index (χ1v) is 9.39. The van der Waals surface area contributed by atoms with Crippen LogP contribution in [0.25, 0.3) is 0 Å². The summed E-state index contributed by atoms with van der Waals surface area (Å²) in [5.74, 6) is 3.04. The van der Waals surface area contributed by atoms with E-state index in [0.717, 1.165) is 11.8 Å². The van der Waals surface area contributed by atoms with Gasteiger partial charge in [0.2, 0.25) is 5.54 Å². The molecule has 2 amide bonds. The highest BCUT2D eigenvalue weighted by atomic mass is 16.4. The van der Waals surface area contributed by atoms with Gasteiger partial charge in [0.1, 0.15) is 6.10 Å². The van der Waals surface area contributed by atoms with Crippen LogP contribution >= 0.6 is 0 Å². The fraction of sp³-hybridized carbons (Fsp3) is 0.261. The summed E-state index contributed by atoms with van der Waals surface area (Å²) in [6.07, 6.45) is -0.934. The van der Waals surface area contributed by atoms with Gasteiger partial charge in [0.15, 0.2) is 0 Å². The molecule has 0 bridgehead atoms. The van der Waals surface area contributed by atoms with Crippen molar-refractivity contribution in [2.45, 2.75) is 18.6 Å². The number of carbonyl (C=O) groups is 3. The first-order valence-electron chi connectivity index (χ1n) is 9.39. The number of hydrogen-bond donors (Lipinski definition) is 4. The molecule has 0 heterocycles. The standard InChI is InChI=1S/C23H24N2O6/c1-23(22(30)31,21(29)24-2)25(3)20(28)18-12-8-16(9-13-18)5-4-15-6-10-17(11-7-15)19(27)14-26/h6-13,19,26-27H,14H2,1-3H3,(H,24,29)(H,30,31)/t19-,23+/m1/s1. The predicted octanol–water partition coefficient (Wildman–Crippen LogP) is 0.773. The number of nitrogens with zero attached hydrogens (tertiary/aromatic N) is 1. The molecule has 0 radical (unpaired) electrons. The molecular weight excluding hydrogens is 400 g/mol. The molecule has 31 heavy (non-hydrogen) atoms. The van der Waals surface area contributed by atoms with Gasteiger partial charge in [0, 0.05) is 30.8 Å². The SMILES string of the molecule is CNC(=O)[C@@](C)(C(=O)O)N(C)C(=O)c1ccc(C#Cc2ccc([C@H](O)CO)cc2)cc1. The van der Waals surface area contributed by atoms with Crippen molar-refractivity contribution in [3.05, 3.63) is 70.8 Å². The summed E-state index contributed by atoms with van der Waals surface area (Å²) >= 11 is 0. The molecule has 2 rings (SSSR count). The Balaban J connectivity index is 2.18. The van der Waals surface area contributed by atoms with Gasteiger partial charge in [0.25, 0.3) is 11.8 Å². The van der Waals surface area contributed by atoms with Crippen LogP contribution in [0.3, 0.4) is 0 Å². The largest absolute Gasteiger partial charge is 0.479 e. The van der Waals surface area contributed by atoms with Crippen LogP contribution in [-0.2, 0) is 9.59 Å². The number of hydrogen-bond acceptors (Lipinski definition) is 5. The number of likely N-dealkylation sites (N-methyl/N-ethyl adjacent to an activating group) is 2. The number of benzene rings is 2. The van der Waals surface area contributed by atoms with Gasteiger partial charge in [-0.3, -0.25) is 9.59 Å². The third kappa shape index (κ3) is 5.09. The van der Waals surface area contributed by atoms with E-state index < -0.39 is 29.4 Å². The van der Waals surface area contributed by atoms with Crippen LogP contribution in [0.2, 0.25) is 0 Å². The van der Waals surface area contributed by atoms with Gasteiger partial charge in [-0.2, -0.15) is 0 Å². The van der Waals surface area contributed by atoms with Gasteiger partial charge in [-0.15, -0.1) is 0 Å². The summed E-state index contributed by atoms with van der Waals surface area (Å²) < 4.78 is 0. The van der Waals surface area contributed by atoms with Crippen LogP contribution < -0.4 is 5.32 Å². The molecule has 0 spiro atoms. The van der Waals surface area contributed by atoms with E-state index in [9.17, 15) is 24.6 Å². The molecule has 0 aromatic heterocycles. The van der Waals surface area contributed by atoms with Gasteiger partial charge < -0.3 is 25.5 Å². The number of rotatable bonds is 6. The molecule has 4 N–H and O–H groups in total. The molecule has 0 saturated carbocycles. The molecule has 0 saturated heterocycles. The number of aliphatic carboxylic acids is 1. The first kappa shape index (κ1) is 23.6. The Morgan fingerprint density at radius 3 is 1.94 bits per heavy atom. The quantitative estimate of drug-likeness (QED) is 0.401. The average Bonchev–Trinajstić information content (AvgIpc) is 2.80. The Labute approximate surface area is 180 Å². The Kier molecular flexibility index (Phi) is 7.53. The molecule has 162 valence electrons. The van der Waals surface area contributed by atoms with Crippen LogP contribution in [0.15, 0.2) is 48.5 Å². The first-order chi connectivity index (χ1) is 14.6. The van der Waals surface area contributed by atoms with E-state index in [1.54, 1.807) is 36.4 Å². The summed E-state index contributed by atoms with van der Waals surface area (Å²) in [7, 11) is 2.56. The monoisotopic (exact) mass is 424 g/mol. The lowest BCUT2D eigenvalue weighted by Gasteiger charge is -2.33. The van der Waals surface area contributed by atoms with Gasteiger partial charge in [-0.25, -0.2) is 4.79 Å². The van der Waals surface area contributed by atoms with E-state index in [-0.39, 0.29) is 12.2 Å². The molecule has 2 atom stereocenters. The van der Waals surface area contributed by atoms with E-state index in [1.807, 2.05) is 0 Å². The maximum Gasteiger partial charge on any atom is 0.339 e. The van der Waals surface area contributed by atoms with Gasteiger partial charge in [-0.05, 0) is 48.9 Å². The maximum atomic E-state index is 12.7. The fourth-order valence-corrected chi connectivity index (χ4v) is 2.77. The van der Waals surface area contributed by atoms with E-state index in [0.29, 0.717) is 16.7 Å². The number of aliphatic hydroxyl groups is 2. The molecule has 0 fully saturated rings. The molecule has 0 unspecified atom stereocenters. The molecule has 0 aliphatic rings. The van der Waals surface area contributed by atoms with Crippen molar-refractivity contribution in [3.63, 3.8) is 0 Å². The zero-order valence-corrected chi connectivity index (χ0v) is 17.4. The van der Waals surface area contributed by atoms with Crippen molar-refractivity contribution in [1.29, 1.82) is 0 Å². The highest BCUT2D eigenvalue weighted by Gasteiger charge is 2.47. The highest BCUT2D eigenvalue weighted by molar-refractivity contribution is 6.10. The Morgan fingerprint density at radius 2 is 1.52 bits per heavy atom. The van der Waals surface area contributed by atoms with E-state index >= 15 is 0 Å². The lowest BCUT2D eigenvalue weighted by molar-refractivity contribution is -0.154. The van der Waals surface area contributed by atoms with Crippen molar-refractivity contribution in [2.24, 2.45) is 0 Å². The summed E-state index contributed by atoms with van der Waals surface area (Å²) in [5, 5.41) is 30.3. The van der Waals surface area contributed by atoms with Crippen molar-refractivity contribution >= 4 is 17.8 Å². The average molecular weight is 424 g/mol. The number of carbonyl (C=O) groups excluding carboxylic acids is 2. The minimum Gasteiger partial charge on any atom is -0.479 e.